The normalized spacial score (nSPS) is 18.2. The smallest absolute Gasteiger partial charge is 0.224 e. The number of nitrogens with zero attached hydrogens (tertiary/aromatic N) is 3. The van der Waals surface area contributed by atoms with E-state index in [0.29, 0.717) is 38.6 Å². The molecule has 2 aromatic carbocycles. The van der Waals surface area contributed by atoms with Crippen molar-refractivity contribution in [2.45, 2.75) is 18.9 Å². The fourth-order valence-electron chi connectivity index (χ4n) is 4.11. The number of hydrogen-bond donors (Lipinski definition) is 2. The van der Waals surface area contributed by atoms with E-state index in [-0.39, 0.29) is 17.8 Å². The molecule has 2 aliphatic heterocycles. The molecule has 2 aromatic rings. The second-order valence-corrected chi connectivity index (χ2v) is 8.03. The summed E-state index contributed by atoms with van der Waals surface area (Å²) in [6, 6.07) is 14.6. The Labute approximate surface area is 188 Å². The van der Waals surface area contributed by atoms with Crippen molar-refractivity contribution in [2.75, 3.05) is 51.2 Å². The van der Waals surface area contributed by atoms with Crippen LogP contribution in [0.25, 0.3) is 0 Å². The maximum absolute atomic E-state index is 13.1. The van der Waals surface area contributed by atoms with Gasteiger partial charge in [0.1, 0.15) is 17.7 Å². The molecule has 1 unspecified atom stereocenters. The number of halogens is 1. The number of para-hydroxylation sites is 1. The van der Waals surface area contributed by atoms with Crippen molar-refractivity contribution in [2.24, 2.45) is 4.99 Å². The molecule has 2 aliphatic rings. The molecule has 0 radical (unpaired) electrons. The van der Waals surface area contributed by atoms with Gasteiger partial charge in [0.2, 0.25) is 5.91 Å². The Hall–Kier alpha value is -3.29. The first-order valence-electron chi connectivity index (χ1n) is 11.1. The largest absolute Gasteiger partial charge is 0.488 e. The molecule has 32 heavy (non-hydrogen) atoms. The van der Waals surface area contributed by atoms with Crippen LogP contribution in [-0.4, -0.2) is 69.2 Å². The summed E-state index contributed by atoms with van der Waals surface area (Å²) >= 11 is 0. The van der Waals surface area contributed by atoms with Crippen molar-refractivity contribution < 1.29 is 13.9 Å². The highest BCUT2D eigenvalue weighted by molar-refractivity contribution is 5.81. The molecule has 1 amide bonds. The van der Waals surface area contributed by atoms with Gasteiger partial charge in [-0.3, -0.25) is 9.79 Å². The van der Waals surface area contributed by atoms with E-state index in [4.69, 9.17) is 4.74 Å². The minimum absolute atomic E-state index is 0.0741. The molecule has 4 rings (SSSR count). The molecule has 8 heteroatoms. The Balaban J connectivity index is 1.14. The standard InChI is InChI=1S/C24H30FN5O2/c1-26-24(28-17-21-16-18-4-2-3-5-22(18)32-21)27-11-10-23(31)30-14-12-29(13-15-30)20-8-6-19(25)7-9-20/h2-9,21H,10-17H2,1H3,(H2,26,27,28). The summed E-state index contributed by atoms with van der Waals surface area (Å²) in [5, 5.41) is 6.50. The van der Waals surface area contributed by atoms with Crippen LogP contribution in [0.15, 0.2) is 53.5 Å². The van der Waals surface area contributed by atoms with E-state index in [1.807, 2.05) is 23.1 Å². The van der Waals surface area contributed by atoms with Crippen molar-refractivity contribution in [3.63, 3.8) is 0 Å². The first-order chi connectivity index (χ1) is 15.6. The molecular weight excluding hydrogens is 409 g/mol. The van der Waals surface area contributed by atoms with Crippen LogP contribution in [0.2, 0.25) is 0 Å². The number of amides is 1. The SMILES string of the molecule is CN=C(NCCC(=O)N1CCN(c2ccc(F)cc2)CC1)NCC1Cc2ccccc2O1. The lowest BCUT2D eigenvalue weighted by atomic mass is 10.1. The number of fused-ring (bicyclic) bond motifs is 1. The lowest BCUT2D eigenvalue weighted by molar-refractivity contribution is -0.131. The third-order valence-electron chi connectivity index (χ3n) is 5.89. The molecule has 7 nitrogen and oxygen atoms in total. The van der Waals surface area contributed by atoms with Gasteiger partial charge in [0.05, 0.1) is 6.54 Å². The third-order valence-corrected chi connectivity index (χ3v) is 5.89. The van der Waals surface area contributed by atoms with E-state index < -0.39 is 0 Å². The van der Waals surface area contributed by atoms with E-state index in [1.165, 1.54) is 17.7 Å². The summed E-state index contributed by atoms with van der Waals surface area (Å²) < 4.78 is 19.1. The number of guanidine groups is 1. The molecule has 0 spiro atoms. The second kappa shape index (κ2) is 10.3. The Morgan fingerprint density at radius 1 is 1.09 bits per heavy atom. The summed E-state index contributed by atoms with van der Waals surface area (Å²) in [5.41, 5.74) is 2.22. The van der Waals surface area contributed by atoms with Gasteiger partial charge >= 0.3 is 0 Å². The number of piperazine rings is 1. The zero-order valence-electron chi connectivity index (χ0n) is 18.4. The van der Waals surface area contributed by atoms with Crippen molar-refractivity contribution in [3.8, 4) is 5.75 Å². The lowest BCUT2D eigenvalue weighted by Gasteiger charge is -2.36. The predicted molar refractivity (Wildman–Crippen MR) is 124 cm³/mol. The Bertz CT molecular complexity index is 917. The highest BCUT2D eigenvalue weighted by Gasteiger charge is 2.23. The van der Waals surface area contributed by atoms with Crippen LogP contribution in [0.3, 0.4) is 0 Å². The topological polar surface area (TPSA) is 69.2 Å². The van der Waals surface area contributed by atoms with Crippen LogP contribution < -0.4 is 20.3 Å². The Morgan fingerprint density at radius 2 is 1.84 bits per heavy atom. The van der Waals surface area contributed by atoms with Crippen molar-refractivity contribution in [3.05, 3.63) is 59.9 Å². The Morgan fingerprint density at radius 3 is 2.56 bits per heavy atom. The monoisotopic (exact) mass is 439 g/mol. The summed E-state index contributed by atoms with van der Waals surface area (Å²) in [6.07, 6.45) is 1.36. The molecule has 2 heterocycles. The fourth-order valence-corrected chi connectivity index (χ4v) is 4.11. The van der Waals surface area contributed by atoms with E-state index in [0.717, 1.165) is 30.9 Å². The first kappa shape index (κ1) is 21.9. The Kier molecular flexibility index (Phi) is 7.09. The van der Waals surface area contributed by atoms with Gasteiger partial charge in [-0.05, 0) is 35.9 Å². The first-order valence-corrected chi connectivity index (χ1v) is 11.1. The molecule has 0 saturated carbocycles. The highest BCUT2D eigenvalue weighted by atomic mass is 19.1. The molecular formula is C24H30FN5O2. The number of rotatable bonds is 6. The van der Waals surface area contributed by atoms with Gasteiger partial charge in [0.15, 0.2) is 5.96 Å². The molecule has 0 aliphatic carbocycles. The number of hydrogen-bond acceptors (Lipinski definition) is 4. The van der Waals surface area contributed by atoms with Crippen molar-refractivity contribution in [1.82, 2.24) is 15.5 Å². The van der Waals surface area contributed by atoms with Crippen LogP contribution in [0.5, 0.6) is 5.75 Å². The number of anilines is 1. The fraction of sp³-hybridized carbons (Fsp3) is 0.417. The second-order valence-electron chi connectivity index (χ2n) is 8.03. The van der Waals surface area contributed by atoms with Gasteiger partial charge in [-0.2, -0.15) is 0 Å². The highest BCUT2D eigenvalue weighted by Crippen LogP contribution is 2.27. The summed E-state index contributed by atoms with van der Waals surface area (Å²) in [6.45, 7) is 4.00. The van der Waals surface area contributed by atoms with Gasteiger partial charge in [-0.25, -0.2) is 4.39 Å². The third kappa shape index (κ3) is 5.49. The van der Waals surface area contributed by atoms with Gasteiger partial charge in [-0.1, -0.05) is 18.2 Å². The van der Waals surface area contributed by atoms with Crippen LogP contribution >= 0.6 is 0 Å². The van der Waals surface area contributed by atoms with Crippen LogP contribution in [-0.2, 0) is 11.2 Å². The minimum Gasteiger partial charge on any atom is -0.488 e. The van der Waals surface area contributed by atoms with Gasteiger partial charge in [0.25, 0.3) is 0 Å². The van der Waals surface area contributed by atoms with E-state index in [2.05, 4.69) is 26.6 Å². The average molecular weight is 440 g/mol. The quantitative estimate of drug-likeness (QED) is 0.533. The molecule has 170 valence electrons. The molecule has 0 bridgehead atoms. The van der Waals surface area contributed by atoms with Crippen molar-refractivity contribution in [1.29, 1.82) is 0 Å². The number of carbonyl (C=O) groups is 1. The lowest BCUT2D eigenvalue weighted by Crippen LogP contribution is -2.49. The van der Waals surface area contributed by atoms with Gasteiger partial charge in [-0.15, -0.1) is 0 Å². The number of nitrogens with one attached hydrogen (secondary N) is 2. The van der Waals surface area contributed by atoms with Crippen LogP contribution in [0.1, 0.15) is 12.0 Å². The summed E-state index contributed by atoms with van der Waals surface area (Å²) in [4.78, 5) is 20.9. The molecule has 1 saturated heterocycles. The maximum Gasteiger partial charge on any atom is 0.224 e. The predicted octanol–water partition coefficient (Wildman–Crippen LogP) is 2.03. The maximum atomic E-state index is 13.1. The number of carbonyl (C=O) groups excluding carboxylic acids is 1. The van der Waals surface area contributed by atoms with E-state index in [1.54, 1.807) is 19.2 Å². The summed E-state index contributed by atoms with van der Waals surface area (Å²) in [5.74, 6) is 1.51. The molecule has 1 atom stereocenters. The van der Waals surface area contributed by atoms with Crippen LogP contribution in [0, 0.1) is 5.82 Å². The molecule has 0 aromatic heterocycles. The van der Waals surface area contributed by atoms with Gasteiger partial charge in [0, 0.05) is 58.3 Å². The zero-order chi connectivity index (χ0) is 22.3. The minimum atomic E-state index is -0.236. The zero-order valence-corrected chi connectivity index (χ0v) is 18.4. The van der Waals surface area contributed by atoms with Crippen LogP contribution in [0.4, 0.5) is 10.1 Å². The average Bonchev–Trinajstić information content (AvgIpc) is 3.25. The summed E-state index contributed by atoms with van der Waals surface area (Å²) in [7, 11) is 1.72. The number of aliphatic imine (C=N–C) groups is 1. The number of benzene rings is 2. The molecule has 1 fully saturated rings. The van der Waals surface area contributed by atoms with Crippen molar-refractivity contribution >= 4 is 17.6 Å². The van der Waals surface area contributed by atoms with E-state index >= 15 is 0 Å². The van der Waals surface area contributed by atoms with E-state index in [9.17, 15) is 9.18 Å². The number of ether oxygens (including phenoxy) is 1. The molecule has 2 N–H and O–H groups in total. The van der Waals surface area contributed by atoms with Gasteiger partial charge < -0.3 is 25.2 Å².